The Hall–Kier alpha value is -3.01. The van der Waals surface area contributed by atoms with Gasteiger partial charge in [0.05, 0.1) is 17.8 Å². The average Bonchev–Trinajstić information content (AvgIpc) is 2.55. The lowest BCUT2D eigenvalue weighted by Crippen LogP contribution is -2.35. The van der Waals surface area contributed by atoms with Crippen molar-refractivity contribution in [3.63, 3.8) is 0 Å². The van der Waals surface area contributed by atoms with Crippen LogP contribution in [0.15, 0.2) is 24.3 Å². The predicted octanol–water partition coefficient (Wildman–Crippen LogP) is 2.93. The maximum absolute atomic E-state index is 13.4. The van der Waals surface area contributed by atoms with Gasteiger partial charge in [-0.3, -0.25) is 4.98 Å². The molecule has 0 bridgehead atoms. The first-order valence-corrected chi connectivity index (χ1v) is 6.86. The molecular formula is C16H11F2N3O2. The van der Waals surface area contributed by atoms with E-state index in [1.807, 2.05) is 6.07 Å². The minimum absolute atomic E-state index is 0.157. The minimum Gasteiger partial charge on any atom is -0.465 e. The molecule has 7 heteroatoms. The number of hydrogen-bond donors (Lipinski definition) is 1. The summed E-state index contributed by atoms with van der Waals surface area (Å²) in [5.41, 5.74) is 2.10. The Bertz CT molecular complexity index is 846. The lowest BCUT2D eigenvalue weighted by molar-refractivity contribution is 0.139. The van der Waals surface area contributed by atoms with Crippen molar-refractivity contribution in [3.8, 4) is 17.3 Å². The number of benzene rings is 1. The first kappa shape index (κ1) is 14.9. The number of aromatic nitrogens is 1. The van der Waals surface area contributed by atoms with Crippen LogP contribution in [0.2, 0.25) is 0 Å². The Morgan fingerprint density at radius 2 is 2.09 bits per heavy atom. The van der Waals surface area contributed by atoms with Crippen LogP contribution in [0, 0.1) is 23.0 Å². The highest BCUT2D eigenvalue weighted by molar-refractivity contribution is 5.69. The van der Waals surface area contributed by atoms with Gasteiger partial charge < -0.3 is 10.0 Å². The molecule has 0 fully saturated rings. The predicted molar refractivity (Wildman–Crippen MR) is 76.4 cm³/mol. The second-order valence-electron chi connectivity index (χ2n) is 5.19. The molecule has 0 aliphatic carbocycles. The lowest BCUT2D eigenvalue weighted by atomic mass is 9.99. The van der Waals surface area contributed by atoms with Gasteiger partial charge in [0.15, 0.2) is 11.6 Å². The first-order chi connectivity index (χ1) is 11.0. The van der Waals surface area contributed by atoms with Crippen molar-refractivity contribution in [2.45, 2.75) is 13.0 Å². The van der Waals surface area contributed by atoms with Crippen LogP contribution in [0.4, 0.5) is 13.6 Å². The molecule has 0 saturated heterocycles. The Morgan fingerprint density at radius 1 is 1.30 bits per heavy atom. The van der Waals surface area contributed by atoms with Gasteiger partial charge in [0.25, 0.3) is 0 Å². The highest BCUT2D eigenvalue weighted by Gasteiger charge is 2.23. The van der Waals surface area contributed by atoms with E-state index in [1.165, 1.54) is 11.0 Å². The van der Waals surface area contributed by atoms with Crippen molar-refractivity contribution in [2.24, 2.45) is 0 Å². The standard InChI is InChI=1S/C16H11F2N3O2/c17-12-2-1-9(6-13(12)18)15-10(7-19)5-11-8-21(16(22)23)4-3-14(11)20-15/h1-2,5-6H,3-4,8H2,(H,22,23). The van der Waals surface area contributed by atoms with Crippen LogP contribution in [0.25, 0.3) is 11.3 Å². The zero-order valence-electron chi connectivity index (χ0n) is 11.9. The van der Waals surface area contributed by atoms with E-state index in [9.17, 15) is 18.8 Å². The number of carboxylic acid groups (broad SMARTS) is 1. The molecule has 0 spiro atoms. The number of amides is 1. The second-order valence-corrected chi connectivity index (χ2v) is 5.19. The Morgan fingerprint density at radius 3 is 2.74 bits per heavy atom. The Balaban J connectivity index is 2.08. The SMILES string of the molecule is N#Cc1cc2c(nc1-c1ccc(F)c(F)c1)CCN(C(=O)O)C2. The average molecular weight is 315 g/mol. The number of nitriles is 1. The number of rotatable bonds is 1. The van der Waals surface area contributed by atoms with Gasteiger partial charge in [-0.2, -0.15) is 5.26 Å². The first-order valence-electron chi connectivity index (χ1n) is 6.86. The summed E-state index contributed by atoms with van der Waals surface area (Å²) in [6, 6.07) is 6.89. The third kappa shape index (κ3) is 2.71. The van der Waals surface area contributed by atoms with Crippen molar-refractivity contribution in [1.29, 1.82) is 5.26 Å². The molecule has 0 saturated carbocycles. The highest BCUT2D eigenvalue weighted by Crippen LogP contribution is 2.27. The summed E-state index contributed by atoms with van der Waals surface area (Å²) in [5, 5.41) is 18.3. The van der Waals surface area contributed by atoms with Crippen LogP contribution in [0.5, 0.6) is 0 Å². The van der Waals surface area contributed by atoms with Gasteiger partial charge in [-0.1, -0.05) is 0 Å². The fraction of sp³-hybridized carbons (Fsp3) is 0.188. The topological polar surface area (TPSA) is 77.2 Å². The van der Waals surface area contributed by atoms with Gasteiger partial charge in [-0.25, -0.2) is 13.6 Å². The fourth-order valence-electron chi connectivity index (χ4n) is 2.58. The highest BCUT2D eigenvalue weighted by atomic mass is 19.2. The van der Waals surface area contributed by atoms with Crippen LogP contribution in [-0.2, 0) is 13.0 Å². The van der Waals surface area contributed by atoms with Crippen molar-refractivity contribution < 1.29 is 18.7 Å². The van der Waals surface area contributed by atoms with E-state index in [4.69, 9.17) is 5.11 Å². The Kier molecular flexibility index (Phi) is 3.66. The summed E-state index contributed by atoms with van der Waals surface area (Å²) in [6.07, 6.45) is -0.622. The third-order valence-electron chi connectivity index (χ3n) is 3.75. The van der Waals surface area contributed by atoms with Crippen molar-refractivity contribution >= 4 is 6.09 Å². The molecule has 116 valence electrons. The number of fused-ring (bicyclic) bond motifs is 1. The monoisotopic (exact) mass is 315 g/mol. The van der Waals surface area contributed by atoms with E-state index in [0.717, 1.165) is 12.1 Å². The molecular weight excluding hydrogens is 304 g/mol. The number of hydrogen-bond acceptors (Lipinski definition) is 3. The zero-order valence-corrected chi connectivity index (χ0v) is 11.9. The molecule has 5 nitrogen and oxygen atoms in total. The van der Waals surface area contributed by atoms with Gasteiger partial charge in [0, 0.05) is 24.2 Å². The molecule has 1 aliphatic rings. The molecule has 2 heterocycles. The van der Waals surface area contributed by atoms with E-state index in [-0.39, 0.29) is 17.8 Å². The van der Waals surface area contributed by atoms with Crippen LogP contribution in [0.1, 0.15) is 16.8 Å². The molecule has 3 rings (SSSR count). The second kappa shape index (κ2) is 5.65. The fourth-order valence-corrected chi connectivity index (χ4v) is 2.58. The summed E-state index contributed by atoms with van der Waals surface area (Å²) in [5.74, 6) is -1.98. The zero-order chi connectivity index (χ0) is 16.6. The molecule has 1 N–H and O–H groups in total. The number of nitrogens with zero attached hydrogens (tertiary/aromatic N) is 3. The molecule has 1 aromatic carbocycles. The molecule has 1 aromatic heterocycles. The number of halogens is 2. The van der Waals surface area contributed by atoms with Crippen LogP contribution in [0.3, 0.4) is 0 Å². The van der Waals surface area contributed by atoms with Crippen LogP contribution < -0.4 is 0 Å². The van der Waals surface area contributed by atoms with Crippen LogP contribution >= 0.6 is 0 Å². The largest absolute Gasteiger partial charge is 0.465 e. The summed E-state index contributed by atoms with van der Waals surface area (Å²) < 4.78 is 26.5. The van der Waals surface area contributed by atoms with E-state index >= 15 is 0 Å². The van der Waals surface area contributed by atoms with E-state index in [0.29, 0.717) is 29.8 Å². The normalized spacial score (nSPS) is 13.3. The van der Waals surface area contributed by atoms with E-state index in [1.54, 1.807) is 6.07 Å². The number of carbonyl (C=O) groups is 1. The lowest BCUT2D eigenvalue weighted by Gasteiger charge is -2.26. The molecule has 1 aliphatic heterocycles. The molecule has 2 aromatic rings. The van der Waals surface area contributed by atoms with E-state index < -0.39 is 17.7 Å². The Labute approximate surface area is 130 Å². The van der Waals surface area contributed by atoms with Gasteiger partial charge in [-0.05, 0) is 29.8 Å². The summed E-state index contributed by atoms with van der Waals surface area (Å²) >= 11 is 0. The van der Waals surface area contributed by atoms with Gasteiger partial charge in [0.2, 0.25) is 0 Å². The molecule has 23 heavy (non-hydrogen) atoms. The van der Waals surface area contributed by atoms with Gasteiger partial charge >= 0.3 is 6.09 Å². The van der Waals surface area contributed by atoms with Gasteiger partial charge in [-0.15, -0.1) is 0 Å². The van der Waals surface area contributed by atoms with E-state index in [2.05, 4.69) is 4.98 Å². The van der Waals surface area contributed by atoms with Crippen molar-refractivity contribution in [1.82, 2.24) is 9.88 Å². The smallest absolute Gasteiger partial charge is 0.407 e. The summed E-state index contributed by atoms with van der Waals surface area (Å²) in [6.45, 7) is 0.461. The minimum atomic E-state index is -1.03. The molecule has 1 amide bonds. The van der Waals surface area contributed by atoms with Crippen molar-refractivity contribution in [3.05, 3.63) is 52.7 Å². The number of pyridine rings is 1. The molecule has 0 unspecified atom stereocenters. The molecule has 0 atom stereocenters. The maximum Gasteiger partial charge on any atom is 0.407 e. The van der Waals surface area contributed by atoms with Crippen molar-refractivity contribution in [2.75, 3.05) is 6.54 Å². The molecule has 0 radical (unpaired) electrons. The third-order valence-corrected chi connectivity index (χ3v) is 3.75. The summed E-state index contributed by atoms with van der Waals surface area (Å²) in [7, 11) is 0. The maximum atomic E-state index is 13.4. The quantitative estimate of drug-likeness (QED) is 0.877. The van der Waals surface area contributed by atoms with Crippen LogP contribution in [-0.4, -0.2) is 27.6 Å². The summed E-state index contributed by atoms with van der Waals surface area (Å²) in [4.78, 5) is 16.7. The van der Waals surface area contributed by atoms with Gasteiger partial charge in [0.1, 0.15) is 6.07 Å².